The number of hydrogen-bond acceptors (Lipinski definition) is 5. The first kappa shape index (κ1) is 14.3. The van der Waals surface area contributed by atoms with Crippen molar-refractivity contribution < 1.29 is 9.90 Å². The fourth-order valence-electron chi connectivity index (χ4n) is 1.52. The zero-order valence-corrected chi connectivity index (χ0v) is 12.2. The highest BCUT2D eigenvalue weighted by Crippen LogP contribution is 2.23. The maximum absolute atomic E-state index is 12.0. The average Bonchev–Trinajstić information content (AvgIpc) is 2.88. The van der Waals surface area contributed by atoms with E-state index in [9.17, 15) is 9.90 Å². The van der Waals surface area contributed by atoms with Gasteiger partial charge < -0.3 is 15.7 Å². The number of aromatic hydroxyl groups is 1. The third-order valence-corrected chi connectivity index (χ3v) is 3.35. The van der Waals surface area contributed by atoms with E-state index < -0.39 is 0 Å². The van der Waals surface area contributed by atoms with Gasteiger partial charge in [0.05, 0.1) is 5.69 Å². The molecule has 3 N–H and O–H groups in total. The summed E-state index contributed by atoms with van der Waals surface area (Å²) in [5.74, 6) is 0.215. The predicted octanol–water partition coefficient (Wildman–Crippen LogP) is 3.17. The first-order valence-electron chi connectivity index (χ1n) is 6.35. The second-order valence-electron chi connectivity index (χ2n) is 4.78. The van der Waals surface area contributed by atoms with Gasteiger partial charge in [-0.05, 0) is 18.1 Å². The van der Waals surface area contributed by atoms with Crippen LogP contribution < -0.4 is 10.6 Å². The molecular formula is C14H17N3O2S. The largest absolute Gasteiger partial charge is 0.506 e. The van der Waals surface area contributed by atoms with Crippen molar-refractivity contribution in [2.24, 2.45) is 5.92 Å². The van der Waals surface area contributed by atoms with Gasteiger partial charge in [0.25, 0.3) is 5.91 Å². The van der Waals surface area contributed by atoms with Crippen molar-refractivity contribution in [3.05, 3.63) is 35.3 Å². The molecule has 0 bridgehead atoms. The maximum Gasteiger partial charge on any atom is 0.275 e. The Bertz CT molecular complexity index is 596. The summed E-state index contributed by atoms with van der Waals surface area (Å²) in [5.41, 5.74) is 0.715. The molecule has 1 heterocycles. The lowest BCUT2D eigenvalue weighted by atomic mass is 10.2. The van der Waals surface area contributed by atoms with Crippen LogP contribution in [0.4, 0.5) is 10.8 Å². The lowest BCUT2D eigenvalue weighted by Crippen LogP contribution is -2.13. The molecule has 106 valence electrons. The molecule has 1 aromatic carbocycles. The summed E-state index contributed by atoms with van der Waals surface area (Å²) in [4.78, 5) is 16.2. The van der Waals surface area contributed by atoms with Crippen molar-refractivity contribution in [3.63, 3.8) is 0 Å². The molecule has 0 aliphatic carbocycles. The van der Waals surface area contributed by atoms with Crippen LogP contribution in [0.1, 0.15) is 24.3 Å². The highest BCUT2D eigenvalue weighted by atomic mass is 32.1. The van der Waals surface area contributed by atoms with Gasteiger partial charge in [0.2, 0.25) is 0 Å². The quantitative estimate of drug-likeness (QED) is 0.740. The van der Waals surface area contributed by atoms with Gasteiger partial charge in [-0.25, -0.2) is 4.98 Å². The molecule has 20 heavy (non-hydrogen) atoms. The molecule has 0 saturated heterocycles. The fraction of sp³-hybridized carbons (Fsp3) is 0.286. The van der Waals surface area contributed by atoms with E-state index in [4.69, 9.17) is 0 Å². The molecule has 1 amide bonds. The number of nitrogens with one attached hydrogen (secondary N) is 2. The van der Waals surface area contributed by atoms with Gasteiger partial charge >= 0.3 is 0 Å². The minimum atomic E-state index is -0.333. The normalized spacial score (nSPS) is 10.6. The number of phenols is 1. The summed E-state index contributed by atoms with van der Waals surface area (Å²) in [6.45, 7) is 5.02. The first-order chi connectivity index (χ1) is 9.56. The van der Waals surface area contributed by atoms with Crippen LogP contribution in [0.25, 0.3) is 0 Å². The molecule has 5 nitrogen and oxygen atoms in total. The van der Waals surface area contributed by atoms with Crippen molar-refractivity contribution in [1.82, 2.24) is 4.98 Å². The maximum atomic E-state index is 12.0. The fourth-order valence-corrected chi connectivity index (χ4v) is 2.22. The van der Waals surface area contributed by atoms with Crippen LogP contribution in [0.3, 0.4) is 0 Å². The van der Waals surface area contributed by atoms with Crippen molar-refractivity contribution in [2.45, 2.75) is 13.8 Å². The number of rotatable bonds is 5. The van der Waals surface area contributed by atoms with Crippen LogP contribution in [-0.4, -0.2) is 22.5 Å². The molecular weight excluding hydrogens is 274 g/mol. The summed E-state index contributed by atoms with van der Waals surface area (Å²) in [5, 5.41) is 17.8. The van der Waals surface area contributed by atoms with Gasteiger partial charge in [-0.15, -0.1) is 11.3 Å². The molecule has 6 heteroatoms. The Morgan fingerprint density at radius 2 is 2.15 bits per heavy atom. The monoisotopic (exact) mass is 291 g/mol. The molecule has 1 aromatic heterocycles. The number of amides is 1. The van der Waals surface area contributed by atoms with E-state index >= 15 is 0 Å². The number of anilines is 2. The smallest absolute Gasteiger partial charge is 0.275 e. The molecule has 0 saturated carbocycles. The topological polar surface area (TPSA) is 74.2 Å². The number of aromatic nitrogens is 1. The van der Waals surface area contributed by atoms with Crippen LogP contribution in [0.2, 0.25) is 0 Å². The van der Waals surface area contributed by atoms with E-state index in [0.717, 1.165) is 11.7 Å². The van der Waals surface area contributed by atoms with E-state index in [1.807, 2.05) is 0 Å². The van der Waals surface area contributed by atoms with Crippen LogP contribution in [0.15, 0.2) is 29.6 Å². The predicted molar refractivity (Wildman–Crippen MR) is 81.5 cm³/mol. The zero-order chi connectivity index (χ0) is 14.5. The van der Waals surface area contributed by atoms with Gasteiger partial charge in [-0.3, -0.25) is 4.79 Å². The number of para-hydroxylation sites is 2. The second-order valence-corrected chi connectivity index (χ2v) is 5.64. The standard InChI is InChI=1S/C14H17N3O2S/c1-9(2)7-15-14-17-11(8-20-14)13(19)16-10-5-3-4-6-12(10)18/h3-6,8-9,18H,7H2,1-2H3,(H,15,17)(H,16,19). The average molecular weight is 291 g/mol. The third-order valence-electron chi connectivity index (χ3n) is 2.55. The van der Waals surface area contributed by atoms with E-state index in [1.165, 1.54) is 17.4 Å². The third kappa shape index (κ3) is 3.71. The second kappa shape index (κ2) is 6.38. The van der Waals surface area contributed by atoms with E-state index in [1.54, 1.807) is 23.6 Å². The number of hydrogen-bond donors (Lipinski definition) is 3. The highest BCUT2D eigenvalue weighted by molar-refractivity contribution is 7.13. The number of thiazole rings is 1. The van der Waals surface area contributed by atoms with Gasteiger partial charge in [-0.1, -0.05) is 26.0 Å². The Morgan fingerprint density at radius 1 is 1.40 bits per heavy atom. The van der Waals surface area contributed by atoms with Gasteiger partial charge in [0.1, 0.15) is 11.4 Å². The number of carbonyl (C=O) groups is 1. The van der Waals surface area contributed by atoms with E-state index in [-0.39, 0.29) is 11.7 Å². The van der Waals surface area contributed by atoms with Crippen LogP contribution in [-0.2, 0) is 0 Å². The highest BCUT2D eigenvalue weighted by Gasteiger charge is 2.12. The summed E-state index contributed by atoms with van der Waals surface area (Å²) < 4.78 is 0. The number of benzene rings is 1. The van der Waals surface area contributed by atoms with Crippen molar-refractivity contribution in [1.29, 1.82) is 0 Å². The molecule has 2 rings (SSSR count). The minimum absolute atomic E-state index is 0.0363. The Labute approximate surface area is 121 Å². The van der Waals surface area contributed by atoms with Crippen LogP contribution >= 0.6 is 11.3 Å². The first-order valence-corrected chi connectivity index (χ1v) is 7.23. The van der Waals surface area contributed by atoms with Crippen LogP contribution in [0.5, 0.6) is 5.75 Å². The number of nitrogens with zero attached hydrogens (tertiary/aromatic N) is 1. The molecule has 0 radical (unpaired) electrons. The molecule has 0 aliphatic rings. The van der Waals surface area contributed by atoms with E-state index in [2.05, 4.69) is 29.5 Å². The zero-order valence-electron chi connectivity index (χ0n) is 11.4. The lowest BCUT2D eigenvalue weighted by Gasteiger charge is -2.05. The molecule has 0 fully saturated rings. The lowest BCUT2D eigenvalue weighted by molar-refractivity contribution is 0.102. The molecule has 0 aliphatic heterocycles. The number of carbonyl (C=O) groups excluding carboxylic acids is 1. The SMILES string of the molecule is CC(C)CNc1nc(C(=O)Nc2ccccc2O)cs1. The summed E-state index contributed by atoms with van der Waals surface area (Å²) in [6.07, 6.45) is 0. The minimum Gasteiger partial charge on any atom is -0.506 e. The molecule has 0 spiro atoms. The van der Waals surface area contributed by atoms with E-state index in [0.29, 0.717) is 17.3 Å². The summed E-state index contributed by atoms with van der Waals surface area (Å²) in [7, 11) is 0. The Kier molecular flexibility index (Phi) is 4.57. The van der Waals surface area contributed by atoms with Crippen molar-refractivity contribution in [3.8, 4) is 5.75 Å². The number of phenolic OH excluding ortho intramolecular Hbond substituents is 1. The summed E-state index contributed by atoms with van der Waals surface area (Å²) >= 11 is 1.39. The molecule has 2 aromatic rings. The van der Waals surface area contributed by atoms with Crippen LogP contribution in [0, 0.1) is 5.92 Å². The molecule has 0 atom stereocenters. The Balaban J connectivity index is 2.01. The Hall–Kier alpha value is -2.08. The Morgan fingerprint density at radius 3 is 2.85 bits per heavy atom. The van der Waals surface area contributed by atoms with Crippen molar-refractivity contribution >= 4 is 28.1 Å². The molecule has 0 unspecified atom stereocenters. The van der Waals surface area contributed by atoms with Gasteiger partial charge in [-0.2, -0.15) is 0 Å². The van der Waals surface area contributed by atoms with Gasteiger partial charge in [0.15, 0.2) is 5.13 Å². The van der Waals surface area contributed by atoms with Crippen molar-refractivity contribution in [2.75, 3.05) is 17.2 Å². The summed E-state index contributed by atoms with van der Waals surface area (Å²) in [6, 6.07) is 6.59. The van der Waals surface area contributed by atoms with Gasteiger partial charge in [0, 0.05) is 11.9 Å².